The van der Waals surface area contributed by atoms with E-state index in [1.807, 2.05) is 18.3 Å². The number of para-hydroxylation sites is 1. The Kier molecular flexibility index (Phi) is 4.94. The number of aromatic nitrogens is 2. The van der Waals surface area contributed by atoms with Gasteiger partial charge in [-0.2, -0.15) is 0 Å². The summed E-state index contributed by atoms with van der Waals surface area (Å²) in [6.45, 7) is 9.65. The molecule has 1 aliphatic heterocycles. The van der Waals surface area contributed by atoms with Gasteiger partial charge in [-0.05, 0) is 69.7 Å². The van der Waals surface area contributed by atoms with Gasteiger partial charge in [0.1, 0.15) is 0 Å². The first kappa shape index (κ1) is 18.7. The number of pyridine rings is 1. The molecular formula is C23H26N4S. The minimum Gasteiger partial charge on any atom is -0.352 e. The van der Waals surface area contributed by atoms with Crippen LogP contribution in [0.4, 0.5) is 0 Å². The molecule has 1 saturated heterocycles. The van der Waals surface area contributed by atoms with Crippen LogP contribution in [0.3, 0.4) is 0 Å². The second-order valence-corrected chi connectivity index (χ2v) is 7.68. The first-order chi connectivity index (χ1) is 13.5. The molecule has 0 spiro atoms. The fourth-order valence-corrected chi connectivity index (χ4v) is 4.84. The molecule has 1 fully saturated rings. The van der Waals surface area contributed by atoms with Gasteiger partial charge in [-0.25, -0.2) is 0 Å². The van der Waals surface area contributed by atoms with Crippen LogP contribution in [0.15, 0.2) is 54.7 Å². The summed E-state index contributed by atoms with van der Waals surface area (Å²) in [4.78, 5) is 6.92. The van der Waals surface area contributed by atoms with E-state index in [0.717, 1.165) is 17.4 Å². The zero-order valence-electron chi connectivity index (χ0n) is 16.8. The van der Waals surface area contributed by atoms with Crippen LogP contribution in [0, 0.1) is 20.8 Å². The molecule has 0 bridgehead atoms. The van der Waals surface area contributed by atoms with Gasteiger partial charge in [0.25, 0.3) is 0 Å². The van der Waals surface area contributed by atoms with Gasteiger partial charge in [0.2, 0.25) is 0 Å². The lowest BCUT2D eigenvalue weighted by Gasteiger charge is -2.27. The summed E-state index contributed by atoms with van der Waals surface area (Å²) in [5.74, 6) is 0. The Balaban J connectivity index is 1.89. The molecule has 144 valence electrons. The van der Waals surface area contributed by atoms with E-state index in [-0.39, 0.29) is 12.1 Å². The maximum absolute atomic E-state index is 5.69. The summed E-state index contributed by atoms with van der Waals surface area (Å²) in [6.07, 6.45) is 1.85. The molecule has 1 aliphatic rings. The van der Waals surface area contributed by atoms with E-state index in [9.17, 15) is 0 Å². The van der Waals surface area contributed by atoms with Crippen molar-refractivity contribution < 1.29 is 0 Å². The Labute approximate surface area is 172 Å². The number of nitrogens with one attached hydrogen (secondary N) is 1. The van der Waals surface area contributed by atoms with Crippen molar-refractivity contribution in [3.05, 3.63) is 82.9 Å². The van der Waals surface area contributed by atoms with Crippen molar-refractivity contribution in [1.29, 1.82) is 0 Å². The molecule has 2 atom stereocenters. The zero-order chi connectivity index (χ0) is 19.8. The first-order valence-corrected chi connectivity index (χ1v) is 10.2. The van der Waals surface area contributed by atoms with Gasteiger partial charge in [0.05, 0.1) is 17.8 Å². The average molecular weight is 391 g/mol. The number of hydrogen-bond donors (Lipinski definition) is 1. The third-order valence-electron chi connectivity index (χ3n) is 5.86. The van der Waals surface area contributed by atoms with Gasteiger partial charge in [-0.3, -0.25) is 4.98 Å². The number of benzene rings is 1. The molecule has 0 saturated carbocycles. The number of rotatable bonds is 4. The van der Waals surface area contributed by atoms with E-state index < -0.39 is 0 Å². The van der Waals surface area contributed by atoms with Crippen molar-refractivity contribution in [2.24, 2.45) is 0 Å². The van der Waals surface area contributed by atoms with Crippen LogP contribution < -0.4 is 5.32 Å². The predicted octanol–water partition coefficient (Wildman–Crippen LogP) is 4.79. The molecule has 4 rings (SSSR count). The topological polar surface area (TPSA) is 33.1 Å². The van der Waals surface area contributed by atoms with Crippen molar-refractivity contribution in [2.45, 2.75) is 39.8 Å². The van der Waals surface area contributed by atoms with Crippen LogP contribution in [0.25, 0.3) is 5.69 Å². The lowest BCUT2D eigenvalue weighted by molar-refractivity contribution is 0.328. The number of nitrogens with zero attached hydrogens (tertiary/aromatic N) is 3. The molecule has 1 aromatic carbocycles. The highest BCUT2D eigenvalue weighted by atomic mass is 32.1. The van der Waals surface area contributed by atoms with Gasteiger partial charge < -0.3 is 14.8 Å². The van der Waals surface area contributed by atoms with Crippen molar-refractivity contribution in [3.63, 3.8) is 0 Å². The van der Waals surface area contributed by atoms with Gasteiger partial charge in [-0.15, -0.1) is 0 Å². The molecule has 3 heterocycles. The molecule has 28 heavy (non-hydrogen) atoms. The summed E-state index contributed by atoms with van der Waals surface area (Å²) in [5.41, 5.74) is 7.40. The zero-order valence-corrected chi connectivity index (χ0v) is 17.6. The van der Waals surface area contributed by atoms with Crippen LogP contribution in [-0.2, 0) is 0 Å². The van der Waals surface area contributed by atoms with Crippen LogP contribution in [0.2, 0.25) is 0 Å². The fraction of sp³-hybridized carbons (Fsp3) is 0.304. The Morgan fingerprint density at radius 2 is 1.71 bits per heavy atom. The maximum atomic E-state index is 5.69. The Morgan fingerprint density at radius 3 is 2.36 bits per heavy atom. The minimum atomic E-state index is 0.0390. The first-order valence-electron chi connectivity index (χ1n) is 9.76. The molecule has 0 aliphatic carbocycles. The lowest BCUT2D eigenvalue weighted by atomic mass is 9.93. The standard InChI is InChI=1S/C23H26N4S/c1-5-26-22(21(25-23(26)28)19-13-9-10-14-24-19)20-15(2)16(3)27(17(20)4)18-11-7-6-8-12-18/h6-14,21-22H,5H2,1-4H3,(H,25,28)/t21-,22+/m1/s1. The van der Waals surface area contributed by atoms with E-state index in [0.29, 0.717) is 0 Å². The summed E-state index contributed by atoms with van der Waals surface area (Å²) < 4.78 is 2.36. The van der Waals surface area contributed by atoms with Gasteiger partial charge in [0, 0.05) is 35.4 Å². The summed E-state index contributed by atoms with van der Waals surface area (Å²) >= 11 is 5.69. The van der Waals surface area contributed by atoms with Crippen molar-refractivity contribution >= 4 is 17.3 Å². The SMILES string of the molecule is CCN1C(=S)N[C@H](c2ccccn2)[C@@H]1c1c(C)c(C)n(-c2ccccc2)c1C. The van der Waals surface area contributed by atoms with Crippen molar-refractivity contribution in [3.8, 4) is 5.69 Å². The molecule has 2 aromatic heterocycles. The quantitative estimate of drug-likeness (QED) is 0.650. The van der Waals surface area contributed by atoms with Gasteiger partial charge >= 0.3 is 0 Å². The van der Waals surface area contributed by atoms with Crippen LogP contribution >= 0.6 is 12.2 Å². The Bertz CT molecular complexity index is 994. The monoisotopic (exact) mass is 390 g/mol. The third-order valence-corrected chi connectivity index (χ3v) is 6.21. The summed E-state index contributed by atoms with van der Waals surface area (Å²) in [6, 6.07) is 16.8. The third kappa shape index (κ3) is 2.90. The van der Waals surface area contributed by atoms with Crippen molar-refractivity contribution in [2.75, 3.05) is 6.54 Å². The molecular weight excluding hydrogens is 364 g/mol. The number of hydrogen-bond acceptors (Lipinski definition) is 2. The van der Waals surface area contributed by atoms with Crippen molar-refractivity contribution in [1.82, 2.24) is 19.8 Å². The molecule has 0 radical (unpaired) electrons. The lowest BCUT2D eigenvalue weighted by Crippen LogP contribution is -2.29. The Morgan fingerprint density at radius 1 is 1.00 bits per heavy atom. The maximum Gasteiger partial charge on any atom is 0.170 e. The molecule has 4 nitrogen and oxygen atoms in total. The van der Waals surface area contributed by atoms with Gasteiger partial charge in [-0.1, -0.05) is 24.3 Å². The Hall–Kier alpha value is -2.66. The van der Waals surface area contributed by atoms with E-state index in [4.69, 9.17) is 12.2 Å². The fourth-order valence-electron chi connectivity index (χ4n) is 4.47. The molecule has 0 unspecified atom stereocenters. The molecule has 5 heteroatoms. The highest BCUT2D eigenvalue weighted by Crippen LogP contribution is 2.43. The van der Waals surface area contributed by atoms with Crippen LogP contribution in [0.1, 0.15) is 47.2 Å². The molecule has 1 N–H and O–H groups in total. The average Bonchev–Trinajstić information content (AvgIpc) is 3.16. The molecule has 0 amide bonds. The van der Waals surface area contributed by atoms with Gasteiger partial charge in [0.15, 0.2) is 5.11 Å². The second-order valence-electron chi connectivity index (χ2n) is 7.29. The number of thiocarbonyl (C=S) groups is 1. The van der Waals surface area contributed by atoms with E-state index in [1.54, 1.807) is 0 Å². The van der Waals surface area contributed by atoms with Crippen LogP contribution in [0.5, 0.6) is 0 Å². The van der Waals surface area contributed by atoms with Crippen LogP contribution in [-0.4, -0.2) is 26.1 Å². The smallest absolute Gasteiger partial charge is 0.170 e. The predicted molar refractivity (Wildman–Crippen MR) is 118 cm³/mol. The largest absolute Gasteiger partial charge is 0.352 e. The second kappa shape index (κ2) is 7.40. The number of likely N-dealkylation sites (N-methyl/N-ethyl adjacent to an activating group) is 1. The molecule has 3 aromatic rings. The van der Waals surface area contributed by atoms with E-state index >= 15 is 0 Å². The van der Waals surface area contributed by atoms with E-state index in [1.165, 1.54) is 28.2 Å². The minimum absolute atomic E-state index is 0.0390. The highest BCUT2D eigenvalue weighted by Gasteiger charge is 2.41. The summed E-state index contributed by atoms with van der Waals surface area (Å²) in [7, 11) is 0. The highest BCUT2D eigenvalue weighted by molar-refractivity contribution is 7.80. The normalized spacial score (nSPS) is 19.1. The summed E-state index contributed by atoms with van der Waals surface area (Å²) in [5, 5.41) is 4.33. The van der Waals surface area contributed by atoms with E-state index in [2.05, 4.69) is 83.9 Å².